The van der Waals surface area contributed by atoms with Crippen LogP contribution in [-0.4, -0.2) is 48.4 Å². The lowest BCUT2D eigenvalue weighted by atomic mass is 10.1. The van der Waals surface area contributed by atoms with Gasteiger partial charge in [-0.15, -0.1) is 0 Å². The zero-order chi connectivity index (χ0) is 28.0. The minimum Gasteiger partial charge on any atom is -0.458 e. The summed E-state index contributed by atoms with van der Waals surface area (Å²) in [6.45, 7) is 10.6. The summed E-state index contributed by atoms with van der Waals surface area (Å²) in [5, 5.41) is 0. The Balaban J connectivity index is 2.81. The number of carbonyl (C=O) groups excluding carboxylic acids is 4. The Hall–Kier alpha value is -3.14. The highest BCUT2D eigenvalue weighted by Gasteiger charge is 2.26. The number of benzene rings is 1. The Labute approximate surface area is 219 Å². The molecule has 0 fully saturated rings. The highest BCUT2D eigenvalue weighted by molar-refractivity contribution is 5.77. The second-order valence-corrected chi connectivity index (χ2v) is 8.97. The molecule has 0 bridgehead atoms. The maximum atomic E-state index is 12.6. The molecule has 1 rings (SSSR count). The zero-order valence-corrected chi connectivity index (χ0v) is 22.7. The first kappa shape index (κ1) is 31.9. The number of rotatable bonds is 15. The van der Waals surface area contributed by atoms with Crippen molar-refractivity contribution in [2.45, 2.75) is 111 Å². The third-order valence-corrected chi connectivity index (χ3v) is 5.36. The van der Waals surface area contributed by atoms with Gasteiger partial charge in [0.15, 0.2) is 11.5 Å². The molecule has 0 spiro atoms. The molecular weight excluding hydrogens is 482 g/mol. The van der Waals surface area contributed by atoms with Crippen molar-refractivity contribution < 1.29 is 42.9 Å². The topological polar surface area (TPSA) is 140 Å². The van der Waals surface area contributed by atoms with Gasteiger partial charge in [0.25, 0.3) is 0 Å². The first-order chi connectivity index (χ1) is 17.5. The van der Waals surface area contributed by atoms with E-state index in [1.54, 1.807) is 26.8 Å². The third kappa shape index (κ3) is 12.1. The van der Waals surface area contributed by atoms with Crippen molar-refractivity contribution in [1.82, 2.24) is 0 Å². The van der Waals surface area contributed by atoms with Gasteiger partial charge in [0.05, 0.1) is 0 Å². The fourth-order valence-electron chi connectivity index (χ4n) is 3.21. The van der Waals surface area contributed by atoms with Gasteiger partial charge in [-0.25, -0.2) is 4.79 Å². The van der Waals surface area contributed by atoms with E-state index in [0.29, 0.717) is 24.8 Å². The van der Waals surface area contributed by atoms with E-state index in [-0.39, 0.29) is 36.9 Å². The Morgan fingerprint density at radius 3 is 1.92 bits per heavy atom. The molecule has 10 nitrogen and oxygen atoms in total. The van der Waals surface area contributed by atoms with Gasteiger partial charge in [-0.1, -0.05) is 33.3 Å². The number of esters is 3. The van der Waals surface area contributed by atoms with Gasteiger partial charge in [-0.3, -0.25) is 14.4 Å². The molecule has 0 amide bonds. The summed E-state index contributed by atoms with van der Waals surface area (Å²) in [5.41, 5.74) is 6.63. The second kappa shape index (κ2) is 16.6. The first-order valence-electron chi connectivity index (χ1n) is 12.9. The molecule has 0 heterocycles. The van der Waals surface area contributed by atoms with Crippen molar-refractivity contribution in [1.29, 1.82) is 0 Å². The van der Waals surface area contributed by atoms with Crippen molar-refractivity contribution in [3.8, 4) is 11.5 Å². The van der Waals surface area contributed by atoms with E-state index < -0.39 is 42.3 Å². The summed E-state index contributed by atoms with van der Waals surface area (Å²) in [5.74, 6) is -1.42. The van der Waals surface area contributed by atoms with Gasteiger partial charge in [-0.05, 0) is 64.2 Å². The Bertz CT molecular complexity index is 902. The molecule has 0 radical (unpaired) electrons. The van der Waals surface area contributed by atoms with Gasteiger partial charge in [0, 0.05) is 12.8 Å². The minimum absolute atomic E-state index is 0.0683. The summed E-state index contributed by atoms with van der Waals surface area (Å²) in [7, 11) is 0. The fourth-order valence-corrected chi connectivity index (χ4v) is 3.21. The van der Waals surface area contributed by atoms with Gasteiger partial charge in [0.1, 0.15) is 24.4 Å². The Kier molecular flexibility index (Phi) is 14.3. The molecule has 10 heteroatoms. The molecule has 1 aromatic carbocycles. The maximum Gasteiger partial charge on any atom is 0.508 e. The quantitative estimate of drug-likeness (QED) is 0.255. The lowest BCUT2D eigenvalue weighted by Crippen LogP contribution is -2.39. The van der Waals surface area contributed by atoms with Crippen molar-refractivity contribution in [3.05, 3.63) is 23.8 Å². The summed E-state index contributed by atoms with van der Waals surface area (Å²) in [6, 6.07) is 3.59. The standard InChI is InChI=1S/C27H41NO9/c1-7-10-17(4)33-27(32)35-19(6)18(5)34-26(31)21(28)15-20-13-14-22(36-24(29)11-8-2)23(16-20)37-25(30)12-9-3/h13-14,16-19,21H,7-12,15,28H2,1-6H3/t17?,18-,19-,21-/m0/s1. The van der Waals surface area contributed by atoms with E-state index >= 15 is 0 Å². The molecule has 0 aliphatic rings. The van der Waals surface area contributed by atoms with E-state index in [1.807, 2.05) is 20.8 Å². The SMILES string of the molecule is CCCC(=O)Oc1ccc(C[C@H](N)C(=O)O[C@@H](C)[C@H](C)OC(=O)OC(C)CCC)cc1OC(=O)CCC. The average Bonchev–Trinajstić information content (AvgIpc) is 2.80. The predicted molar refractivity (Wildman–Crippen MR) is 136 cm³/mol. The molecule has 0 saturated carbocycles. The van der Waals surface area contributed by atoms with Gasteiger partial charge >= 0.3 is 24.1 Å². The number of carbonyl (C=O) groups is 4. The molecule has 2 N–H and O–H groups in total. The van der Waals surface area contributed by atoms with E-state index in [0.717, 1.165) is 6.42 Å². The van der Waals surface area contributed by atoms with Crippen LogP contribution in [0.25, 0.3) is 0 Å². The molecule has 0 aromatic heterocycles. The zero-order valence-electron chi connectivity index (χ0n) is 22.7. The Morgan fingerprint density at radius 1 is 0.784 bits per heavy atom. The molecule has 37 heavy (non-hydrogen) atoms. The van der Waals surface area contributed by atoms with Crippen molar-refractivity contribution in [3.63, 3.8) is 0 Å². The lowest BCUT2D eigenvalue weighted by Gasteiger charge is -2.23. The highest BCUT2D eigenvalue weighted by Crippen LogP contribution is 2.30. The minimum atomic E-state index is -1.04. The van der Waals surface area contributed by atoms with Crippen LogP contribution in [-0.2, 0) is 35.0 Å². The normalized spacial score (nSPS) is 14.0. The summed E-state index contributed by atoms with van der Waals surface area (Å²) >= 11 is 0. The van der Waals surface area contributed by atoms with Crippen molar-refractivity contribution in [2.24, 2.45) is 5.73 Å². The third-order valence-electron chi connectivity index (χ3n) is 5.36. The number of nitrogens with two attached hydrogens (primary N) is 1. The Morgan fingerprint density at radius 2 is 1.35 bits per heavy atom. The number of hydrogen-bond donors (Lipinski definition) is 1. The molecule has 0 saturated heterocycles. The van der Waals surface area contributed by atoms with Gasteiger partial charge in [0.2, 0.25) is 0 Å². The molecular formula is C27H41NO9. The van der Waals surface area contributed by atoms with Crippen LogP contribution >= 0.6 is 0 Å². The average molecular weight is 524 g/mol. The molecule has 208 valence electrons. The lowest BCUT2D eigenvalue weighted by molar-refractivity contribution is -0.155. The number of hydrogen-bond acceptors (Lipinski definition) is 10. The molecule has 0 aliphatic heterocycles. The van der Waals surface area contributed by atoms with E-state index in [9.17, 15) is 19.2 Å². The molecule has 4 atom stereocenters. The van der Waals surface area contributed by atoms with Crippen molar-refractivity contribution >= 4 is 24.1 Å². The first-order valence-corrected chi connectivity index (χ1v) is 12.9. The molecule has 1 unspecified atom stereocenters. The smallest absolute Gasteiger partial charge is 0.458 e. The number of ether oxygens (including phenoxy) is 5. The van der Waals surface area contributed by atoms with Crippen LogP contribution in [0.2, 0.25) is 0 Å². The maximum absolute atomic E-state index is 12.6. The monoisotopic (exact) mass is 523 g/mol. The van der Waals surface area contributed by atoms with E-state index in [4.69, 9.17) is 29.4 Å². The van der Waals surface area contributed by atoms with Gasteiger partial charge < -0.3 is 29.4 Å². The van der Waals surface area contributed by atoms with Crippen LogP contribution in [0.1, 0.15) is 85.6 Å². The van der Waals surface area contributed by atoms with Crippen LogP contribution in [0.5, 0.6) is 11.5 Å². The molecule has 1 aromatic rings. The predicted octanol–water partition coefficient (Wildman–Crippen LogP) is 4.63. The summed E-state index contributed by atoms with van der Waals surface area (Å²) in [6.07, 6.45) is 0.648. The fraction of sp³-hybridized carbons (Fsp3) is 0.630. The van der Waals surface area contributed by atoms with Crippen LogP contribution in [0.15, 0.2) is 18.2 Å². The van der Waals surface area contributed by atoms with E-state index in [1.165, 1.54) is 12.1 Å². The van der Waals surface area contributed by atoms with Crippen molar-refractivity contribution in [2.75, 3.05) is 0 Å². The van der Waals surface area contributed by atoms with Crippen LogP contribution < -0.4 is 15.2 Å². The summed E-state index contributed by atoms with van der Waals surface area (Å²) < 4.78 is 26.4. The van der Waals surface area contributed by atoms with Gasteiger partial charge in [-0.2, -0.15) is 0 Å². The highest BCUT2D eigenvalue weighted by atomic mass is 16.7. The summed E-state index contributed by atoms with van der Waals surface area (Å²) in [4.78, 5) is 48.5. The van der Waals surface area contributed by atoms with Crippen LogP contribution in [0.3, 0.4) is 0 Å². The van der Waals surface area contributed by atoms with Crippen LogP contribution in [0.4, 0.5) is 4.79 Å². The second-order valence-electron chi connectivity index (χ2n) is 8.97. The molecule has 0 aliphatic carbocycles. The van der Waals surface area contributed by atoms with Crippen LogP contribution in [0, 0.1) is 0 Å². The van der Waals surface area contributed by atoms with E-state index in [2.05, 4.69) is 0 Å². The largest absolute Gasteiger partial charge is 0.508 e.